The molecule has 3 atom stereocenters. The number of benzene rings is 2. The number of aromatic amines is 1. The van der Waals surface area contributed by atoms with Crippen molar-refractivity contribution in [2.45, 2.75) is 18.6 Å². The molecule has 2 aromatic carbocycles. The molecule has 0 saturated carbocycles. The van der Waals surface area contributed by atoms with Gasteiger partial charge in [-0.1, -0.05) is 28.1 Å². The Morgan fingerprint density at radius 3 is 3.00 bits per heavy atom. The van der Waals surface area contributed by atoms with Gasteiger partial charge in [0.1, 0.15) is 5.75 Å². The molecule has 2 aliphatic heterocycles. The molecular formula is C20H19BrN2O2. The van der Waals surface area contributed by atoms with Gasteiger partial charge in [0.2, 0.25) is 0 Å². The van der Waals surface area contributed by atoms with Crippen LogP contribution in [0.4, 0.5) is 5.69 Å². The summed E-state index contributed by atoms with van der Waals surface area (Å²) in [5, 5.41) is 5.01. The van der Waals surface area contributed by atoms with Gasteiger partial charge in [0.15, 0.2) is 0 Å². The Morgan fingerprint density at radius 2 is 2.12 bits per heavy atom. The maximum Gasteiger partial charge on any atom is 0.142 e. The van der Waals surface area contributed by atoms with Gasteiger partial charge in [-0.15, -0.1) is 0 Å². The summed E-state index contributed by atoms with van der Waals surface area (Å²) in [6, 6.07) is 12.8. The van der Waals surface area contributed by atoms with Crippen molar-refractivity contribution in [2.75, 3.05) is 19.0 Å². The van der Waals surface area contributed by atoms with E-state index >= 15 is 0 Å². The van der Waals surface area contributed by atoms with Crippen molar-refractivity contribution in [3.8, 4) is 5.75 Å². The number of fused-ring (bicyclic) bond motifs is 4. The van der Waals surface area contributed by atoms with E-state index < -0.39 is 0 Å². The third kappa shape index (κ3) is 2.29. The van der Waals surface area contributed by atoms with Crippen LogP contribution in [0.1, 0.15) is 29.7 Å². The van der Waals surface area contributed by atoms with Crippen LogP contribution in [0.25, 0.3) is 10.9 Å². The van der Waals surface area contributed by atoms with E-state index in [9.17, 15) is 0 Å². The minimum atomic E-state index is 0.119. The lowest BCUT2D eigenvalue weighted by Gasteiger charge is -2.36. The van der Waals surface area contributed by atoms with Gasteiger partial charge in [-0.05, 0) is 30.7 Å². The number of hydrogen-bond acceptors (Lipinski definition) is 3. The number of H-pyrrole nitrogens is 1. The average molecular weight is 399 g/mol. The number of para-hydroxylation sites is 1. The van der Waals surface area contributed by atoms with Crippen molar-refractivity contribution in [1.82, 2.24) is 4.98 Å². The minimum Gasteiger partial charge on any atom is -0.495 e. The molecule has 1 saturated heterocycles. The number of aromatic nitrogens is 1. The lowest BCUT2D eigenvalue weighted by atomic mass is 9.81. The van der Waals surface area contributed by atoms with Crippen LogP contribution >= 0.6 is 15.9 Å². The zero-order valence-electron chi connectivity index (χ0n) is 13.9. The van der Waals surface area contributed by atoms with E-state index in [1.165, 1.54) is 16.5 Å². The molecule has 3 unspecified atom stereocenters. The van der Waals surface area contributed by atoms with Crippen LogP contribution in [-0.4, -0.2) is 18.7 Å². The Kier molecular flexibility index (Phi) is 3.54. The van der Waals surface area contributed by atoms with Gasteiger partial charge in [0.05, 0.1) is 24.9 Å². The van der Waals surface area contributed by atoms with Crippen LogP contribution in [0.3, 0.4) is 0 Å². The standard InChI is InChI=1S/C20H19BrN2O2/c1-24-17-4-2-3-12-19(17)23-18(13-7-8-25-20(12)13)15-10-22-16-6-5-11(21)9-14(15)16/h2-6,9-10,13,18,20,22-23H,7-8H2,1H3. The summed E-state index contributed by atoms with van der Waals surface area (Å²) in [5.74, 6) is 1.29. The van der Waals surface area contributed by atoms with Crippen molar-refractivity contribution in [3.05, 3.63) is 58.2 Å². The summed E-state index contributed by atoms with van der Waals surface area (Å²) in [7, 11) is 1.72. The smallest absolute Gasteiger partial charge is 0.142 e. The topological polar surface area (TPSA) is 46.3 Å². The first-order valence-electron chi connectivity index (χ1n) is 8.58. The highest BCUT2D eigenvalue weighted by atomic mass is 79.9. The molecule has 1 fully saturated rings. The van der Waals surface area contributed by atoms with Crippen LogP contribution in [0.2, 0.25) is 0 Å². The van der Waals surface area contributed by atoms with Crippen LogP contribution in [-0.2, 0) is 4.74 Å². The fourth-order valence-electron chi connectivity index (χ4n) is 4.32. The van der Waals surface area contributed by atoms with Gasteiger partial charge in [-0.25, -0.2) is 0 Å². The van der Waals surface area contributed by atoms with E-state index in [2.05, 4.69) is 56.7 Å². The molecule has 2 N–H and O–H groups in total. The van der Waals surface area contributed by atoms with Crippen molar-refractivity contribution in [2.24, 2.45) is 5.92 Å². The number of ether oxygens (including phenoxy) is 2. The van der Waals surface area contributed by atoms with Gasteiger partial charge in [-0.2, -0.15) is 0 Å². The lowest BCUT2D eigenvalue weighted by Crippen LogP contribution is -2.29. The number of hydrogen-bond donors (Lipinski definition) is 2. The third-order valence-electron chi connectivity index (χ3n) is 5.46. The van der Waals surface area contributed by atoms with E-state index in [0.29, 0.717) is 5.92 Å². The monoisotopic (exact) mass is 398 g/mol. The fourth-order valence-corrected chi connectivity index (χ4v) is 4.68. The van der Waals surface area contributed by atoms with Crippen molar-refractivity contribution >= 4 is 32.5 Å². The van der Waals surface area contributed by atoms with Gasteiger partial charge < -0.3 is 19.8 Å². The molecule has 0 spiro atoms. The first-order valence-corrected chi connectivity index (χ1v) is 9.37. The zero-order chi connectivity index (χ0) is 17.0. The maximum atomic E-state index is 6.13. The summed E-state index contributed by atoms with van der Waals surface area (Å²) in [6.07, 6.45) is 3.30. The summed E-state index contributed by atoms with van der Waals surface area (Å²) < 4.78 is 12.8. The minimum absolute atomic E-state index is 0.119. The second-order valence-corrected chi connectivity index (χ2v) is 7.64. The van der Waals surface area contributed by atoms with Crippen molar-refractivity contribution in [3.63, 3.8) is 0 Å². The Labute approximate surface area is 154 Å². The van der Waals surface area contributed by atoms with E-state index in [-0.39, 0.29) is 12.1 Å². The van der Waals surface area contributed by atoms with Gasteiger partial charge in [0, 0.05) is 45.2 Å². The molecule has 3 aromatic rings. The van der Waals surface area contributed by atoms with Gasteiger partial charge in [0.25, 0.3) is 0 Å². The summed E-state index contributed by atoms with van der Waals surface area (Å²) >= 11 is 3.60. The predicted molar refractivity (Wildman–Crippen MR) is 102 cm³/mol. The number of rotatable bonds is 2. The molecule has 0 bridgehead atoms. The first kappa shape index (κ1) is 15.3. The maximum absolute atomic E-state index is 6.13. The van der Waals surface area contributed by atoms with Crippen LogP contribution in [0.5, 0.6) is 5.75 Å². The molecule has 1 aromatic heterocycles. The first-order chi connectivity index (χ1) is 12.3. The second-order valence-electron chi connectivity index (χ2n) is 6.72. The highest BCUT2D eigenvalue weighted by Gasteiger charge is 2.43. The summed E-state index contributed by atoms with van der Waals surface area (Å²) in [5.41, 5.74) is 4.70. The van der Waals surface area contributed by atoms with Crippen molar-refractivity contribution < 1.29 is 9.47 Å². The molecule has 4 nitrogen and oxygen atoms in total. The fraction of sp³-hybridized carbons (Fsp3) is 0.300. The molecule has 3 heterocycles. The number of anilines is 1. The number of methoxy groups -OCH3 is 1. The zero-order valence-corrected chi connectivity index (χ0v) is 15.5. The molecule has 128 valence electrons. The Morgan fingerprint density at radius 1 is 1.20 bits per heavy atom. The quantitative estimate of drug-likeness (QED) is 0.624. The molecular weight excluding hydrogens is 380 g/mol. The predicted octanol–water partition coefficient (Wildman–Crippen LogP) is 5.18. The highest BCUT2D eigenvalue weighted by molar-refractivity contribution is 9.10. The van der Waals surface area contributed by atoms with E-state index in [1.807, 2.05) is 12.1 Å². The normalized spacial score (nSPS) is 24.6. The Hall–Kier alpha value is -1.98. The molecule has 0 aliphatic carbocycles. The molecule has 0 amide bonds. The number of halogens is 1. The van der Waals surface area contributed by atoms with Crippen molar-refractivity contribution in [1.29, 1.82) is 0 Å². The van der Waals surface area contributed by atoms with E-state index in [1.54, 1.807) is 7.11 Å². The van der Waals surface area contributed by atoms with E-state index in [4.69, 9.17) is 9.47 Å². The molecule has 5 rings (SSSR count). The lowest BCUT2D eigenvalue weighted by molar-refractivity contribution is 0.0827. The SMILES string of the molecule is COc1cccc2c1NC(c1c[nH]c3ccc(Br)cc13)C1CCOC21. The highest BCUT2D eigenvalue weighted by Crippen LogP contribution is 2.53. The molecule has 25 heavy (non-hydrogen) atoms. The molecule has 0 radical (unpaired) electrons. The number of nitrogens with one attached hydrogen (secondary N) is 2. The third-order valence-corrected chi connectivity index (χ3v) is 5.95. The Balaban J connectivity index is 1.67. The molecule has 2 aliphatic rings. The molecule has 5 heteroatoms. The summed E-state index contributed by atoms with van der Waals surface area (Å²) in [6.45, 7) is 0.802. The summed E-state index contributed by atoms with van der Waals surface area (Å²) in [4.78, 5) is 3.41. The van der Waals surface area contributed by atoms with Crippen LogP contribution in [0, 0.1) is 5.92 Å². The van der Waals surface area contributed by atoms with Crippen LogP contribution < -0.4 is 10.1 Å². The Bertz CT molecular complexity index is 952. The van der Waals surface area contributed by atoms with Crippen LogP contribution in [0.15, 0.2) is 47.1 Å². The van der Waals surface area contributed by atoms with Gasteiger partial charge >= 0.3 is 0 Å². The van der Waals surface area contributed by atoms with Gasteiger partial charge in [-0.3, -0.25) is 0 Å². The largest absolute Gasteiger partial charge is 0.495 e. The average Bonchev–Trinajstić information content (AvgIpc) is 3.27. The van der Waals surface area contributed by atoms with E-state index in [0.717, 1.165) is 34.5 Å². The second kappa shape index (κ2) is 5.78.